The van der Waals surface area contributed by atoms with Crippen molar-refractivity contribution in [2.45, 2.75) is 39.2 Å². The van der Waals surface area contributed by atoms with Crippen molar-refractivity contribution >= 4 is 29.4 Å². The maximum Gasteiger partial charge on any atom is 0.308 e. The summed E-state index contributed by atoms with van der Waals surface area (Å²) in [5.41, 5.74) is 1.42. The summed E-state index contributed by atoms with van der Waals surface area (Å²) in [6, 6.07) is 5.34. The number of carbonyl (C=O) groups excluding carboxylic acids is 4. The molecule has 1 aromatic rings. The van der Waals surface area contributed by atoms with Crippen LogP contribution in [0.2, 0.25) is 0 Å². The molecule has 2 aliphatic rings. The van der Waals surface area contributed by atoms with Crippen LogP contribution in [0, 0.1) is 18.8 Å². The number of ether oxygens (including phenoxy) is 2. The van der Waals surface area contributed by atoms with Crippen LogP contribution in [0.25, 0.3) is 0 Å². The quantitative estimate of drug-likeness (QED) is 0.417. The smallest absolute Gasteiger partial charge is 0.308 e. The Morgan fingerprint density at radius 2 is 1.80 bits per heavy atom. The molecule has 3 rings (SSSR count). The summed E-state index contributed by atoms with van der Waals surface area (Å²) in [4.78, 5) is 50.6. The van der Waals surface area contributed by atoms with E-state index in [1.54, 1.807) is 12.1 Å². The molecule has 30 heavy (non-hydrogen) atoms. The molecule has 1 heterocycles. The van der Waals surface area contributed by atoms with Gasteiger partial charge in [-0.1, -0.05) is 18.2 Å². The van der Waals surface area contributed by atoms with Gasteiger partial charge < -0.3 is 14.8 Å². The molecule has 8 heteroatoms. The van der Waals surface area contributed by atoms with Crippen LogP contribution in [0.5, 0.6) is 5.75 Å². The van der Waals surface area contributed by atoms with E-state index in [-0.39, 0.29) is 36.6 Å². The highest BCUT2D eigenvalue weighted by Crippen LogP contribution is 2.35. The lowest BCUT2D eigenvalue weighted by molar-refractivity contribution is -0.154. The first-order valence-corrected chi connectivity index (χ1v) is 9.97. The molecule has 1 aliphatic heterocycles. The van der Waals surface area contributed by atoms with Crippen LogP contribution in [0.3, 0.4) is 0 Å². The molecule has 1 fully saturated rings. The van der Waals surface area contributed by atoms with Crippen LogP contribution >= 0.6 is 0 Å². The summed E-state index contributed by atoms with van der Waals surface area (Å²) in [5, 5.41) is 2.69. The Kier molecular flexibility index (Phi) is 6.54. The van der Waals surface area contributed by atoms with Crippen molar-refractivity contribution in [2.75, 3.05) is 19.0 Å². The highest BCUT2D eigenvalue weighted by Gasteiger charge is 2.47. The highest BCUT2D eigenvalue weighted by molar-refractivity contribution is 6.05. The summed E-state index contributed by atoms with van der Waals surface area (Å²) in [6.45, 7) is 3.30. The number of benzene rings is 1. The summed E-state index contributed by atoms with van der Waals surface area (Å²) >= 11 is 0. The first-order valence-electron chi connectivity index (χ1n) is 9.97. The molecule has 0 radical (unpaired) electrons. The van der Waals surface area contributed by atoms with Crippen LogP contribution in [-0.4, -0.2) is 48.3 Å². The van der Waals surface area contributed by atoms with E-state index in [1.807, 2.05) is 25.1 Å². The Bertz CT molecular complexity index is 868. The number of aryl methyl sites for hydroxylation is 1. The first-order chi connectivity index (χ1) is 14.3. The molecule has 160 valence electrons. The van der Waals surface area contributed by atoms with Crippen molar-refractivity contribution in [3.8, 4) is 5.75 Å². The number of methoxy groups -OCH3 is 1. The molecule has 0 bridgehead atoms. The zero-order chi connectivity index (χ0) is 21.8. The number of nitrogens with one attached hydrogen (secondary N) is 1. The van der Waals surface area contributed by atoms with Crippen molar-refractivity contribution in [2.24, 2.45) is 11.8 Å². The lowest BCUT2D eigenvalue weighted by Crippen LogP contribution is -2.35. The average Bonchev–Trinajstić information content (AvgIpc) is 2.97. The second-order valence-corrected chi connectivity index (χ2v) is 7.56. The monoisotopic (exact) mass is 414 g/mol. The second-order valence-electron chi connectivity index (χ2n) is 7.56. The third-order valence-corrected chi connectivity index (χ3v) is 5.43. The number of hydrogen-bond acceptors (Lipinski definition) is 6. The third kappa shape index (κ3) is 4.53. The van der Waals surface area contributed by atoms with E-state index in [9.17, 15) is 19.2 Å². The number of rotatable bonds is 7. The topological polar surface area (TPSA) is 102 Å². The molecule has 0 aromatic heterocycles. The van der Waals surface area contributed by atoms with Crippen LogP contribution in [0.1, 0.15) is 31.7 Å². The number of amides is 3. The molecule has 1 aliphatic carbocycles. The first kappa shape index (κ1) is 21.5. The standard InChI is InChI=1S/C22H26N2O6/c1-13-8-9-18(29-3)17(12-13)23-20(26)14(2)30-19(25)10-11-24-21(27)15-6-4-5-7-16(15)22(24)28/h4-5,8-9,12,14-16H,6-7,10-11H2,1-3H3,(H,23,26)/t14-,15-,16-/m0/s1. The summed E-state index contributed by atoms with van der Waals surface area (Å²) in [6.07, 6.45) is 3.72. The Hall–Kier alpha value is -3.16. The van der Waals surface area contributed by atoms with E-state index in [1.165, 1.54) is 14.0 Å². The number of likely N-dealkylation sites (tertiary alicyclic amines) is 1. The average molecular weight is 414 g/mol. The molecule has 1 N–H and O–H groups in total. The predicted octanol–water partition coefficient (Wildman–Crippen LogP) is 2.22. The fourth-order valence-corrected chi connectivity index (χ4v) is 3.76. The maximum absolute atomic E-state index is 12.4. The van der Waals surface area contributed by atoms with Gasteiger partial charge in [0.25, 0.3) is 5.91 Å². The molecule has 0 spiro atoms. The Morgan fingerprint density at radius 1 is 1.17 bits per heavy atom. The number of allylic oxidation sites excluding steroid dienone is 2. The molecule has 1 aromatic carbocycles. The van der Waals surface area contributed by atoms with Crippen molar-refractivity contribution < 1.29 is 28.7 Å². The molecule has 3 atom stereocenters. The molecule has 8 nitrogen and oxygen atoms in total. The number of esters is 1. The molecular formula is C22H26N2O6. The van der Waals surface area contributed by atoms with Crippen LogP contribution in [0.4, 0.5) is 5.69 Å². The lowest BCUT2D eigenvalue weighted by atomic mass is 9.85. The van der Waals surface area contributed by atoms with Crippen molar-refractivity contribution in [1.82, 2.24) is 4.90 Å². The second kappa shape index (κ2) is 9.11. The van der Waals surface area contributed by atoms with Gasteiger partial charge in [0.05, 0.1) is 31.1 Å². The van der Waals surface area contributed by atoms with E-state index >= 15 is 0 Å². The Balaban J connectivity index is 1.51. The van der Waals surface area contributed by atoms with Crippen LogP contribution in [-0.2, 0) is 23.9 Å². The van der Waals surface area contributed by atoms with E-state index in [2.05, 4.69) is 5.32 Å². The van der Waals surface area contributed by atoms with Crippen LogP contribution < -0.4 is 10.1 Å². The Labute approximate surface area is 175 Å². The molecule has 3 amide bonds. The van der Waals surface area contributed by atoms with Gasteiger partial charge in [-0.25, -0.2) is 0 Å². The lowest BCUT2D eigenvalue weighted by Gasteiger charge is -2.17. The zero-order valence-electron chi connectivity index (χ0n) is 17.3. The van der Waals surface area contributed by atoms with E-state index in [4.69, 9.17) is 9.47 Å². The normalized spacial score (nSPS) is 21.2. The van der Waals surface area contributed by atoms with Crippen molar-refractivity contribution in [3.05, 3.63) is 35.9 Å². The molecule has 1 saturated heterocycles. The number of hydrogen-bond donors (Lipinski definition) is 1. The van der Waals surface area contributed by atoms with Crippen LogP contribution in [0.15, 0.2) is 30.4 Å². The minimum Gasteiger partial charge on any atom is -0.495 e. The van der Waals surface area contributed by atoms with Gasteiger partial charge in [0.15, 0.2) is 6.10 Å². The van der Waals surface area contributed by atoms with Crippen molar-refractivity contribution in [1.29, 1.82) is 0 Å². The van der Waals surface area contributed by atoms with Gasteiger partial charge in [-0.3, -0.25) is 24.1 Å². The molecular weight excluding hydrogens is 388 g/mol. The molecule has 0 saturated carbocycles. The predicted molar refractivity (Wildman–Crippen MR) is 109 cm³/mol. The zero-order valence-corrected chi connectivity index (χ0v) is 17.3. The summed E-state index contributed by atoms with van der Waals surface area (Å²) in [5.74, 6) is -1.78. The number of fused-ring (bicyclic) bond motifs is 1. The SMILES string of the molecule is COc1ccc(C)cc1NC(=O)[C@H](C)OC(=O)CCN1C(=O)[C@H]2CC=CC[C@@H]2C1=O. The van der Waals surface area contributed by atoms with Gasteiger partial charge in [-0.05, 0) is 44.4 Å². The maximum atomic E-state index is 12.4. The third-order valence-electron chi connectivity index (χ3n) is 5.43. The van der Waals surface area contributed by atoms with Gasteiger partial charge in [0.2, 0.25) is 11.8 Å². The van der Waals surface area contributed by atoms with E-state index < -0.39 is 18.0 Å². The van der Waals surface area contributed by atoms with Gasteiger partial charge in [-0.2, -0.15) is 0 Å². The highest BCUT2D eigenvalue weighted by atomic mass is 16.5. The number of anilines is 1. The number of carbonyl (C=O) groups is 4. The fourth-order valence-electron chi connectivity index (χ4n) is 3.76. The van der Waals surface area contributed by atoms with Crippen molar-refractivity contribution in [3.63, 3.8) is 0 Å². The summed E-state index contributed by atoms with van der Waals surface area (Å²) < 4.78 is 10.4. The van der Waals surface area contributed by atoms with Gasteiger partial charge in [0.1, 0.15) is 5.75 Å². The fraction of sp³-hybridized carbons (Fsp3) is 0.455. The minimum absolute atomic E-state index is 0.0382. The van der Waals surface area contributed by atoms with Gasteiger partial charge >= 0.3 is 5.97 Å². The van der Waals surface area contributed by atoms with E-state index in [0.717, 1.165) is 10.5 Å². The van der Waals surface area contributed by atoms with Gasteiger partial charge in [-0.15, -0.1) is 0 Å². The molecule has 0 unspecified atom stereocenters. The summed E-state index contributed by atoms with van der Waals surface area (Å²) in [7, 11) is 1.50. The van der Waals surface area contributed by atoms with E-state index in [0.29, 0.717) is 24.3 Å². The number of nitrogens with zero attached hydrogens (tertiary/aromatic N) is 1. The largest absolute Gasteiger partial charge is 0.495 e. The Morgan fingerprint density at radius 3 is 2.40 bits per heavy atom. The van der Waals surface area contributed by atoms with Gasteiger partial charge in [0, 0.05) is 6.54 Å². The number of imide groups is 1. The minimum atomic E-state index is -1.04.